The van der Waals surface area contributed by atoms with Gasteiger partial charge in [0.25, 0.3) is 0 Å². The number of nitrogens with zero attached hydrogens (tertiary/aromatic N) is 2. The van der Waals surface area contributed by atoms with Gasteiger partial charge in [-0.1, -0.05) is 51.8 Å². The molecule has 1 aliphatic heterocycles. The first-order valence-corrected chi connectivity index (χ1v) is 9.41. The summed E-state index contributed by atoms with van der Waals surface area (Å²) >= 11 is 9.42. The van der Waals surface area contributed by atoms with Gasteiger partial charge in [-0.05, 0) is 36.8 Å². The third-order valence-electron chi connectivity index (χ3n) is 4.37. The summed E-state index contributed by atoms with van der Waals surface area (Å²) in [7, 11) is 0. The van der Waals surface area contributed by atoms with Crippen LogP contribution < -0.4 is 4.90 Å². The summed E-state index contributed by atoms with van der Waals surface area (Å²) in [6.45, 7) is 7.35. The summed E-state index contributed by atoms with van der Waals surface area (Å²) in [5.74, 6) is 0. The van der Waals surface area contributed by atoms with Crippen molar-refractivity contribution in [2.75, 3.05) is 26.2 Å². The fourth-order valence-electron chi connectivity index (χ4n) is 2.94. The third-order valence-corrected chi connectivity index (χ3v) is 5.15. The second-order valence-corrected chi connectivity index (χ2v) is 7.55. The Morgan fingerprint density at radius 2 is 1.71 bits per heavy atom. The first-order chi connectivity index (χ1) is 11.6. The van der Waals surface area contributed by atoms with Crippen LogP contribution in [0.15, 0.2) is 58.1 Å². The number of hydrogen-bond acceptors (Lipinski definition) is 2. The molecule has 1 saturated heterocycles. The van der Waals surface area contributed by atoms with Gasteiger partial charge in [0.2, 0.25) is 0 Å². The first kappa shape index (κ1) is 17.5. The molecule has 0 amide bonds. The maximum atomic E-state index is 5.95. The molecule has 126 valence electrons. The molecule has 3 nitrogen and oxygen atoms in total. The molecule has 0 radical (unpaired) electrons. The van der Waals surface area contributed by atoms with Crippen LogP contribution in [0.5, 0.6) is 0 Å². The number of quaternary nitrogens is 1. The molecular weight excluding hydrogens is 386 g/mol. The fraction of sp³-hybridized carbons (Fsp3) is 0.316. The van der Waals surface area contributed by atoms with E-state index in [4.69, 9.17) is 16.7 Å². The van der Waals surface area contributed by atoms with E-state index in [1.54, 1.807) is 4.90 Å². The highest BCUT2D eigenvalue weighted by Crippen LogP contribution is 2.12. The Balaban J connectivity index is 1.53. The molecular formula is C19H22BrClN3+. The standard InChI is InChI=1S/C19H21BrClN3/c1-15(17-4-6-18(20)7-5-17)22-24-12-10-23(11-13-24)14-16-2-8-19(21)9-3-16/h2-9H,10-14H2,1H3/p+1/b22-15+. The Hall–Kier alpha value is -1.36. The van der Waals surface area contributed by atoms with E-state index < -0.39 is 0 Å². The van der Waals surface area contributed by atoms with Gasteiger partial charge in [0, 0.05) is 15.1 Å². The van der Waals surface area contributed by atoms with Gasteiger partial charge >= 0.3 is 0 Å². The molecule has 1 N–H and O–H groups in total. The number of halogens is 2. The van der Waals surface area contributed by atoms with Crippen molar-refractivity contribution in [3.05, 3.63) is 69.2 Å². The summed E-state index contributed by atoms with van der Waals surface area (Å²) in [5.41, 5.74) is 3.59. The SMILES string of the molecule is C/C(=N\N1CC[NH+](Cc2ccc(Cl)cc2)CC1)c1ccc(Br)cc1. The predicted octanol–water partition coefficient (Wildman–Crippen LogP) is 3.23. The van der Waals surface area contributed by atoms with Gasteiger partial charge in [0.1, 0.15) is 6.54 Å². The molecule has 0 aromatic heterocycles. The fourth-order valence-corrected chi connectivity index (χ4v) is 3.33. The van der Waals surface area contributed by atoms with Crippen LogP contribution in [-0.2, 0) is 6.54 Å². The van der Waals surface area contributed by atoms with Crippen LogP contribution in [0.25, 0.3) is 0 Å². The monoisotopic (exact) mass is 406 g/mol. The minimum absolute atomic E-state index is 0.802. The van der Waals surface area contributed by atoms with Crippen LogP contribution in [0.1, 0.15) is 18.1 Å². The van der Waals surface area contributed by atoms with Gasteiger partial charge in [0.05, 0.1) is 31.9 Å². The maximum absolute atomic E-state index is 5.95. The van der Waals surface area contributed by atoms with Gasteiger partial charge in [-0.3, -0.25) is 5.01 Å². The van der Waals surface area contributed by atoms with E-state index in [1.165, 1.54) is 11.1 Å². The molecule has 1 aliphatic rings. The highest BCUT2D eigenvalue weighted by molar-refractivity contribution is 9.10. The van der Waals surface area contributed by atoms with Crippen LogP contribution in [0, 0.1) is 0 Å². The summed E-state index contributed by atoms with van der Waals surface area (Å²) in [6.07, 6.45) is 0. The molecule has 0 atom stereocenters. The van der Waals surface area contributed by atoms with Crippen molar-refractivity contribution in [2.24, 2.45) is 5.10 Å². The smallest absolute Gasteiger partial charge is 0.103 e. The average Bonchev–Trinajstić information content (AvgIpc) is 2.59. The molecule has 0 bridgehead atoms. The Kier molecular flexibility index (Phi) is 5.93. The van der Waals surface area contributed by atoms with Gasteiger partial charge in [-0.2, -0.15) is 5.10 Å². The van der Waals surface area contributed by atoms with Crippen molar-refractivity contribution < 1.29 is 4.90 Å². The van der Waals surface area contributed by atoms with Crippen LogP contribution in [-0.4, -0.2) is 36.9 Å². The van der Waals surface area contributed by atoms with E-state index in [1.807, 2.05) is 12.1 Å². The van der Waals surface area contributed by atoms with Crippen LogP contribution in [0.3, 0.4) is 0 Å². The normalized spacial score (nSPS) is 16.5. The Labute approximate surface area is 157 Å². The van der Waals surface area contributed by atoms with Crippen LogP contribution in [0.2, 0.25) is 5.02 Å². The molecule has 24 heavy (non-hydrogen) atoms. The first-order valence-electron chi connectivity index (χ1n) is 8.24. The molecule has 0 spiro atoms. The van der Waals surface area contributed by atoms with Crippen molar-refractivity contribution >= 4 is 33.2 Å². The lowest BCUT2D eigenvalue weighted by atomic mass is 10.1. The van der Waals surface area contributed by atoms with E-state index >= 15 is 0 Å². The van der Waals surface area contributed by atoms with Crippen molar-refractivity contribution in [3.8, 4) is 0 Å². The van der Waals surface area contributed by atoms with Crippen LogP contribution in [0.4, 0.5) is 0 Å². The van der Waals surface area contributed by atoms with Crippen molar-refractivity contribution in [2.45, 2.75) is 13.5 Å². The molecule has 1 heterocycles. The van der Waals surface area contributed by atoms with Gasteiger partial charge in [-0.15, -0.1) is 0 Å². The van der Waals surface area contributed by atoms with Crippen LogP contribution >= 0.6 is 27.5 Å². The molecule has 2 aromatic rings. The lowest BCUT2D eigenvalue weighted by Gasteiger charge is -2.31. The molecule has 5 heteroatoms. The molecule has 0 saturated carbocycles. The van der Waals surface area contributed by atoms with Crippen molar-refractivity contribution in [3.63, 3.8) is 0 Å². The number of piperazine rings is 1. The largest absolute Gasteiger partial charge is 0.328 e. The Morgan fingerprint density at radius 1 is 1.08 bits per heavy atom. The zero-order valence-electron chi connectivity index (χ0n) is 13.8. The predicted molar refractivity (Wildman–Crippen MR) is 104 cm³/mol. The quantitative estimate of drug-likeness (QED) is 0.772. The highest BCUT2D eigenvalue weighted by atomic mass is 79.9. The summed E-state index contributed by atoms with van der Waals surface area (Å²) in [6, 6.07) is 16.5. The zero-order valence-corrected chi connectivity index (χ0v) is 16.1. The highest BCUT2D eigenvalue weighted by Gasteiger charge is 2.19. The second kappa shape index (κ2) is 8.15. The average molecular weight is 408 g/mol. The number of benzene rings is 2. The lowest BCUT2D eigenvalue weighted by Crippen LogP contribution is -3.13. The van der Waals surface area contributed by atoms with Crippen molar-refractivity contribution in [1.29, 1.82) is 0 Å². The summed E-state index contributed by atoms with van der Waals surface area (Å²) in [5, 5.41) is 7.79. The Bertz CT molecular complexity index is 690. The minimum atomic E-state index is 0.802. The van der Waals surface area contributed by atoms with E-state index in [0.717, 1.165) is 47.9 Å². The van der Waals surface area contributed by atoms with Crippen molar-refractivity contribution in [1.82, 2.24) is 5.01 Å². The molecule has 3 rings (SSSR count). The third kappa shape index (κ3) is 4.82. The van der Waals surface area contributed by atoms with E-state index in [-0.39, 0.29) is 0 Å². The Morgan fingerprint density at radius 3 is 2.33 bits per heavy atom. The molecule has 0 aliphatic carbocycles. The molecule has 2 aromatic carbocycles. The molecule has 0 unspecified atom stereocenters. The van der Waals surface area contributed by atoms with E-state index in [0.29, 0.717) is 0 Å². The van der Waals surface area contributed by atoms with Gasteiger partial charge < -0.3 is 4.90 Å². The van der Waals surface area contributed by atoms with E-state index in [2.05, 4.69) is 64.3 Å². The van der Waals surface area contributed by atoms with Gasteiger partial charge in [0.15, 0.2) is 0 Å². The number of hydrogen-bond donors (Lipinski definition) is 1. The summed E-state index contributed by atoms with van der Waals surface area (Å²) < 4.78 is 1.10. The summed E-state index contributed by atoms with van der Waals surface area (Å²) in [4.78, 5) is 1.60. The zero-order chi connectivity index (χ0) is 16.9. The molecule has 1 fully saturated rings. The number of nitrogens with one attached hydrogen (secondary N) is 1. The lowest BCUT2D eigenvalue weighted by molar-refractivity contribution is -0.918. The van der Waals surface area contributed by atoms with E-state index in [9.17, 15) is 0 Å². The van der Waals surface area contributed by atoms with Gasteiger partial charge in [-0.25, -0.2) is 0 Å². The minimum Gasteiger partial charge on any atom is -0.328 e. The number of rotatable bonds is 4. The topological polar surface area (TPSA) is 20.0 Å². The maximum Gasteiger partial charge on any atom is 0.103 e. The number of hydrazone groups is 1. The second-order valence-electron chi connectivity index (χ2n) is 6.20.